The second-order valence-electron chi connectivity index (χ2n) is 5.97. The van der Waals surface area contributed by atoms with Gasteiger partial charge in [0.1, 0.15) is 0 Å². The SMILES string of the molecule is CCNC(=O)COc1ccc(CNC(=O)C2CCNCC2)cc1OC. The van der Waals surface area contributed by atoms with E-state index >= 15 is 0 Å². The first-order valence-corrected chi connectivity index (χ1v) is 8.69. The molecule has 0 atom stereocenters. The molecule has 1 aliphatic heterocycles. The lowest BCUT2D eigenvalue weighted by molar-refractivity contribution is -0.126. The average Bonchev–Trinajstić information content (AvgIpc) is 2.65. The van der Waals surface area contributed by atoms with E-state index in [0.717, 1.165) is 31.5 Å². The second kappa shape index (κ2) is 9.88. The lowest BCUT2D eigenvalue weighted by atomic mass is 9.97. The van der Waals surface area contributed by atoms with Crippen LogP contribution in [0.3, 0.4) is 0 Å². The summed E-state index contributed by atoms with van der Waals surface area (Å²) < 4.78 is 10.8. The smallest absolute Gasteiger partial charge is 0.257 e. The van der Waals surface area contributed by atoms with Gasteiger partial charge in [0.25, 0.3) is 5.91 Å². The largest absolute Gasteiger partial charge is 0.493 e. The van der Waals surface area contributed by atoms with Crippen LogP contribution < -0.4 is 25.4 Å². The minimum absolute atomic E-state index is 0.0595. The number of methoxy groups -OCH3 is 1. The molecule has 0 aromatic heterocycles. The van der Waals surface area contributed by atoms with Gasteiger partial charge in [-0.25, -0.2) is 0 Å². The van der Waals surface area contributed by atoms with E-state index in [0.29, 0.717) is 24.6 Å². The highest BCUT2D eigenvalue weighted by molar-refractivity contribution is 5.79. The standard InChI is InChI=1S/C18H27N3O4/c1-3-20-17(22)12-25-15-5-4-13(10-16(15)24-2)11-21-18(23)14-6-8-19-9-7-14/h4-5,10,14,19H,3,6-9,11-12H2,1-2H3,(H,20,22)(H,21,23). The molecule has 0 spiro atoms. The Labute approximate surface area is 148 Å². The number of rotatable bonds is 8. The third-order valence-corrected chi connectivity index (χ3v) is 4.14. The van der Waals surface area contributed by atoms with Crippen molar-refractivity contribution in [2.45, 2.75) is 26.3 Å². The molecule has 1 saturated heterocycles. The zero-order chi connectivity index (χ0) is 18.1. The molecule has 2 amide bonds. The van der Waals surface area contributed by atoms with E-state index in [1.807, 2.05) is 19.1 Å². The second-order valence-corrected chi connectivity index (χ2v) is 5.97. The third kappa shape index (κ3) is 5.94. The van der Waals surface area contributed by atoms with Crippen LogP contribution in [0, 0.1) is 5.92 Å². The predicted molar refractivity (Wildman–Crippen MR) is 94.6 cm³/mol. The van der Waals surface area contributed by atoms with Gasteiger partial charge in [-0.3, -0.25) is 9.59 Å². The van der Waals surface area contributed by atoms with Crippen molar-refractivity contribution in [1.29, 1.82) is 0 Å². The summed E-state index contributed by atoms with van der Waals surface area (Å²) in [4.78, 5) is 23.7. The van der Waals surface area contributed by atoms with Crippen molar-refractivity contribution in [2.75, 3.05) is 33.4 Å². The average molecular weight is 349 g/mol. The van der Waals surface area contributed by atoms with Crippen LogP contribution in [0.5, 0.6) is 11.5 Å². The zero-order valence-corrected chi connectivity index (χ0v) is 14.9. The van der Waals surface area contributed by atoms with Gasteiger partial charge in [-0.15, -0.1) is 0 Å². The quantitative estimate of drug-likeness (QED) is 0.647. The first-order chi connectivity index (χ1) is 12.1. The summed E-state index contributed by atoms with van der Waals surface area (Å²) >= 11 is 0. The maximum atomic E-state index is 12.2. The van der Waals surface area contributed by atoms with E-state index in [9.17, 15) is 9.59 Å². The number of likely N-dealkylation sites (N-methyl/N-ethyl adjacent to an activating group) is 1. The highest BCUT2D eigenvalue weighted by atomic mass is 16.5. The van der Waals surface area contributed by atoms with Crippen LogP contribution in [-0.2, 0) is 16.1 Å². The van der Waals surface area contributed by atoms with Gasteiger partial charge in [-0.05, 0) is 50.6 Å². The Kier molecular flexibility index (Phi) is 7.53. The van der Waals surface area contributed by atoms with Crippen molar-refractivity contribution >= 4 is 11.8 Å². The Morgan fingerprint density at radius 1 is 1.20 bits per heavy atom. The lowest BCUT2D eigenvalue weighted by Gasteiger charge is -2.21. The Hall–Kier alpha value is -2.28. The molecule has 25 heavy (non-hydrogen) atoms. The van der Waals surface area contributed by atoms with Gasteiger partial charge in [0.05, 0.1) is 7.11 Å². The summed E-state index contributed by atoms with van der Waals surface area (Å²) in [5, 5.41) is 8.90. The number of amides is 2. The lowest BCUT2D eigenvalue weighted by Crippen LogP contribution is -2.37. The molecular weight excluding hydrogens is 322 g/mol. The number of ether oxygens (including phenoxy) is 2. The number of hydrogen-bond acceptors (Lipinski definition) is 5. The van der Waals surface area contributed by atoms with Gasteiger partial charge >= 0.3 is 0 Å². The van der Waals surface area contributed by atoms with Crippen LogP contribution >= 0.6 is 0 Å². The molecular formula is C18H27N3O4. The van der Waals surface area contributed by atoms with E-state index in [1.54, 1.807) is 13.2 Å². The van der Waals surface area contributed by atoms with Crippen LogP contribution in [0.15, 0.2) is 18.2 Å². The van der Waals surface area contributed by atoms with Crippen molar-refractivity contribution in [2.24, 2.45) is 5.92 Å². The number of hydrogen-bond donors (Lipinski definition) is 3. The molecule has 0 unspecified atom stereocenters. The van der Waals surface area contributed by atoms with Gasteiger partial charge in [0.15, 0.2) is 18.1 Å². The molecule has 1 aliphatic rings. The summed E-state index contributed by atoms with van der Waals surface area (Å²) in [7, 11) is 1.55. The van der Waals surface area contributed by atoms with Crippen molar-refractivity contribution in [3.05, 3.63) is 23.8 Å². The third-order valence-electron chi connectivity index (χ3n) is 4.14. The van der Waals surface area contributed by atoms with Crippen LogP contribution in [0.25, 0.3) is 0 Å². The molecule has 0 saturated carbocycles. The molecule has 138 valence electrons. The Balaban J connectivity index is 1.89. The van der Waals surface area contributed by atoms with E-state index < -0.39 is 0 Å². The monoisotopic (exact) mass is 349 g/mol. The Bertz CT molecular complexity index is 586. The highest BCUT2D eigenvalue weighted by Crippen LogP contribution is 2.28. The van der Waals surface area contributed by atoms with Gasteiger partial charge in [0, 0.05) is 19.0 Å². The maximum absolute atomic E-state index is 12.2. The number of benzene rings is 1. The van der Waals surface area contributed by atoms with Crippen LogP contribution in [0.1, 0.15) is 25.3 Å². The van der Waals surface area contributed by atoms with Crippen LogP contribution in [0.4, 0.5) is 0 Å². The summed E-state index contributed by atoms with van der Waals surface area (Å²) in [5.41, 5.74) is 0.921. The molecule has 1 aromatic rings. The van der Waals surface area contributed by atoms with Crippen LogP contribution in [-0.4, -0.2) is 45.2 Å². The molecule has 1 aromatic carbocycles. The van der Waals surface area contributed by atoms with Gasteiger partial charge < -0.3 is 25.4 Å². The fourth-order valence-corrected chi connectivity index (χ4v) is 2.75. The zero-order valence-electron chi connectivity index (χ0n) is 14.9. The fourth-order valence-electron chi connectivity index (χ4n) is 2.75. The minimum Gasteiger partial charge on any atom is -0.493 e. The van der Waals surface area contributed by atoms with E-state index in [2.05, 4.69) is 16.0 Å². The predicted octanol–water partition coefficient (Wildman–Crippen LogP) is 0.826. The number of carbonyl (C=O) groups excluding carboxylic acids is 2. The molecule has 7 heteroatoms. The van der Waals surface area contributed by atoms with E-state index in [4.69, 9.17) is 9.47 Å². The first kappa shape index (κ1) is 19.1. The summed E-state index contributed by atoms with van der Waals surface area (Å²) in [6.07, 6.45) is 1.75. The minimum atomic E-state index is -0.178. The summed E-state index contributed by atoms with van der Waals surface area (Å²) in [6.45, 7) is 4.58. The highest BCUT2D eigenvalue weighted by Gasteiger charge is 2.20. The summed E-state index contributed by atoms with van der Waals surface area (Å²) in [6, 6.07) is 5.43. The summed E-state index contributed by atoms with van der Waals surface area (Å²) in [5.74, 6) is 1.04. The molecule has 1 heterocycles. The van der Waals surface area contributed by atoms with Crippen molar-refractivity contribution in [3.8, 4) is 11.5 Å². The van der Waals surface area contributed by atoms with Crippen molar-refractivity contribution in [1.82, 2.24) is 16.0 Å². The van der Waals surface area contributed by atoms with Gasteiger partial charge in [-0.1, -0.05) is 6.07 Å². The maximum Gasteiger partial charge on any atom is 0.257 e. The van der Waals surface area contributed by atoms with Crippen molar-refractivity contribution in [3.63, 3.8) is 0 Å². The number of piperidine rings is 1. The van der Waals surface area contributed by atoms with Gasteiger partial charge in [0.2, 0.25) is 5.91 Å². The normalized spacial score (nSPS) is 14.6. The van der Waals surface area contributed by atoms with Gasteiger partial charge in [-0.2, -0.15) is 0 Å². The molecule has 0 aliphatic carbocycles. The molecule has 2 rings (SSSR count). The van der Waals surface area contributed by atoms with E-state index in [1.165, 1.54) is 0 Å². The first-order valence-electron chi connectivity index (χ1n) is 8.69. The topological polar surface area (TPSA) is 88.7 Å². The number of carbonyl (C=O) groups is 2. The Morgan fingerprint density at radius 2 is 1.96 bits per heavy atom. The van der Waals surface area contributed by atoms with Crippen LogP contribution in [0.2, 0.25) is 0 Å². The molecule has 7 nitrogen and oxygen atoms in total. The van der Waals surface area contributed by atoms with Crippen molar-refractivity contribution < 1.29 is 19.1 Å². The fraction of sp³-hybridized carbons (Fsp3) is 0.556. The number of nitrogens with one attached hydrogen (secondary N) is 3. The molecule has 1 fully saturated rings. The molecule has 0 bridgehead atoms. The Morgan fingerprint density at radius 3 is 2.64 bits per heavy atom. The molecule has 3 N–H and O–H groups in total. The molecule has 0 radical (unpaired) electrons. The van der Waals surface area contributed by atoms with E-state index in [-0.39, 0.29) is 24.3 Å².